The summed E-state index contributed by atoms with van der Waals surface area (Å²) in [6.45, 7) is 2.14. The molecule has 2 heterocycles. The Hall–Kier alpha value is -2.34. The summed E-state index contributed by atoms with van der Waals surface area (Å²) >= 11 is 0. The van der Waals surface area contributed by atoms with E-state index in [0.717, 1.165) is 37.5 Å². The van der Waals surface area contributed by atoms with Crippen LogP contribution in [0.2, 0.25) is 0 Å². The van der Waals surface area contributed by atoms with Crippen molar-refractivity contribution in [1.82, 2.24) is 15.4 Å². The molecule has 1 aromatic heterocycles. The van der Waals surface area contributed by atoms with Crippen molar-refractivity contribution in [2.24, 2.45) is 0 Å². The molecule has 1 aromatic carbocycles. The van der Waals surface area contributed by atoms with Gasteiger partial charge in [0.05, 0.1) is 12.7 Å². The molecule has 132 valence electrons. The number of aromatic nitrogens is 1. The average molecular weight is 341 g/mol. The third kappa shape index (κ3) is 3.54. The minimum atomic E-state index is -0.172. The first-order chi connectivity index (χ1) is 12.2. The summed E-state index contributed by atoms with van der Waals surface area (Å²) in [6.07, 6.45) is 4.67. The number of likely N-dealkylation sites (tertiary alicyclic amines) is 1. The number of hydrogen-bond acceptors (Lipinski definition) is 5. The van der Waals surface area contributed by atoms with Gasteiger partial charge < -0.3 is 19.5 Å². The Bertz CT molecular complexity index is 746. The van der Waals surface area contributed by atoms with Crippen LogP contribution in [0.25, 0.3) is 11.3 Å². The van der Waals surface area contributed by atoms with Crippen LogP contribution in [0.3, 0.4) is 0 Å². The third-order valence-electron chi connectivity index (χ3n) is 5.04. The number of para-hydroxylation sites is 1. The van der Waals surface area contributed by atoms with E-state index in [1.165, 1.54) is 12.8 Å². The largest absolute Gasteiger partial charge is 0.496 e. The molecule has 0 atom stereocenters. The van der Waals surface area contributed by atoms with Crippen molar-refractivity contribution < 1.29 is 14.1 Å². The van der Waals surface area contributed by atoms with Gasteiger partial charge in [0, 0.05) is 31.2 Å². The average Bonchev–Trinajstić information content (AvgIpc) is 3.38. The number of piperidine rings is 1. The van der Waals surface area contributed by atoms with Crippen LogP contribution in [0.4, 0.5) is 0 Å². The molecular formula is C19H23N3O3. The summed E-state index contributed by atoms with van der Waals surface area (Å²) in [5, 5.41) is 7.02. The van der Waals surface area contributed by atoms with Gasteiger partial charge in [-0.1, -0.05) is 17.3 Å². The Morgan fingerprint density at radius 3 is 2.72 bits per heavy atom. The maximum absolute atomic E-state index is 12.5. The number of amides is 1. The molecule has 0 bridgehead atoms. The van der Waals surface area contributed by atoms with Crippen molar-refractivity contribution in [1.29, 1.82) is 0 Å². The van der Waals surface area contributed by atoms with E-state index < -0.39 is 0 Å². The fourth-order valence-corrected chi connectivity index (χ4v) is 3.47. The van der Waals surface area contributed by atoms with E-state index in [1.807, 2.05) is 24.3 Å². The molecular weight excluding hydrogens is 318 g/mol. The quantitative estimate of drug-likeness (QED) is 0.906. The molecule has 0 spiro atoms. The van der Waals surface area contributed by atoms with Crippen molar-refractivity contribution in [3.05, 3.63) is 36.0 Å². The van der Waals surface area contributed by atoms with Crippen LogP contribution >= 0.6 is 0 Å². The molecule has 1 aliphatic carbocycles. The second kappa shape index (κ2) is 6.88. The van der Waals surface area contributed by atoms with Gasteiger partial charge in [0.1, 0.15) is 5.75 Å². The Balaban J connectivity index is 1.39. The molecule has 0 radical (unpaired) electrons. The molecule has 1 aliphatic heterocycles. The summed E-state index contributed by atoms with van der Waals surface area (Å²) in [5.41, 5.74) is 1.10. The van der Waals surface area contributed by atoms with Crippen LogP contribution in [0.15, 0.2) is 34.9 Å². The van der Waals surface area contributed by atoms with Gasteiger partial charge in [-0.3, -0.25) is 4.79 Å². The minimum absolute atomic E-state index is 0.172. The minimum Gasteiger partial charge on any atom is -0.496 e. The van der Waals surface area contributed by atoms with E-state index in [-0.39, 0.29) is 11.9 Å². The number of ether oxygens (including phenoxy) is 1. The van der Waals surface area contributed by atoms with Gasteiger partial charge in [-0.05, 0) is 37.8 Å². The van der Waals surface area contributed by atoms with Crippen molar-refractivity contribution in [3.63, 3.8) is 0 Å². The van der Waals surface area contributed by atoms with Crippen LogP contribution in [-0.4, -0.2) is 48.2 Å². The molecule has 2 fully saturated rings. The predicted molar refractivity (Wildman–Crippen MR) is 93.6 cm³/mol. The lowest BCUT2D eigenvalue weighted by Gasteiger charge is -2.32. The van der Waals surface area contributed by atoms with E-state index in [0.29, 0.717) is 17.2 Å². The molecule has 1 saturated carbocycles. The number of nitrogens with one attached hydrogen (secondary N) is 1. The van der Waals surface area contributed by atoms with Gasteiger partial charge in [-0.15, -0.1) is 0 Å². The summed E-state index contributed by atoms with van der Waals surface area (Å²) in [4.78, 5) is 15.0. The predicted octanol–water partition coefficient (Wildman–Crippen LogP) is 2.71. The topological polar surface area (TPSA) is 67.6 Å². The van der Waals surface area contributed by atoms with Gasteiger partial charge in [-0.25, -0.2) is 0 Å². The lowest BCUT2D eigenvalue weighted by Crippen LogP contribution is -2.45. The fraction of sp³-hybridized carbons (Fsp3) is 0.474. The molecule has 1 amide bonds. The fourth-order valence-electron chi connectivity index (χ4n) is 3.47. The SMILES string of the molecule is COc1ccccc1-c1cc(C(=O)NC2CCN(C3CC3)CC2)no1. The summed E-state index contributed by atoms with van der Waals surface area (Å²) < 4.78 is 10.7. The highest BCUT2D eigenvalue weighted by Gasteiger charge is 2.32. The Morgan fingerprint density at radius 2 is 2.00 bits per heavy atom. The van der Waals surface area contributed by atoms with Gasteiger partial charge in [-0.2, -0.15) is 0 Å². The van der Waals surface area contributed by atoms with Gasteiger partial charge >= 0.3 is 0 Å². The number of hydrogen-bond donors (Lipinski definition) is 1. The Morgan fingerprint density at radius 1 is 1.24 bits per heavy atom. The van der Waals surface area contributed by atoms with Gasteiger partial charge in [0.15, 0.2) is 11.5 Å². The molecule has 25 heavy (non-hydrogen) atoms. The summed E-state index contributed by atoms with van der Waals surface area (Å²) in [5.74, 6) is 1.05. The first-order valence-electron chi connectivity index (χ1n) is 8.89. The maximum atomic E-state index is 12.5. The molecule has 6 nitrogen and oxygen atoms in total. The van der Waals surface area contributed by atoms with Crippen LogP contribution in [0, 0.1) is 0 Å². The second-order valence-electron chi connectivity index (χ2n) is 6.79. The lowest BCUT2D eigenvalue weighted by atomic mass is 10.0. The summed E-state index contributed by atoms with van der Waals surface area (Å²) in [6, 6.07) is 10.2. The number of benzene rings is 1. The number of rotatable bonds is 5. The molecule has 6 heteroatoms. The zero-order valence-corrected chi connectivity index (χ0v) is 14.4. The highest BCUT2D eigenvalue weighted by molar-refractivity contribution is 5.93. The van der Waals surface area contributed by atoms with Crippen LogP contribution in [0.5, 0.6) is 5.75 Å². The molecule has 1 saturated heterocycles. The number of carbonyl (C=O) groups excluding carboxylic acids is 1. The lowest BCUT2D eigenvalue weighted by molar-refractivity contribution is 0.0900. The zero-order chi connectivity index (χ0) is 17.2. The van der Waals surface area contributed by atoms with Crippen molar-refractivity contribution in [3.8, 4) is 17.1 Å². The number of nitrogens with zero attached hydrogens (tertiary/aromatic N) is 2. The van der Waals surface area contributed by atoms with E-state index in [2.05, 4.69) is 15.4 Å². The smallest absolute Gasteiger partial charge is 0.273 e. The highest BCUT2D eigenvalue weighted by atomic mass is 16.5. The van der Waals surface area contributed by atoms with Gasteiger partial charge in [0.25, 0.3) is 5.91 Å². The molecule has 1 N–H and O–H groups in total. The van der Waals surface area contributed by atoms with Crippen LogP contribution < -0.4 is 10.1 Å². The molecule has 2 aromatic rings. The second-order valence-corrected chi connectivity index (χ2v) is 6.79. The van der Waals surface area contributed by atoms with E-state index in [9.17, 15) is 4.79 Å². The number of carbonyl (C=O) groups is 1. The third-order valence-corrected chi connectivity index (χ3v) is 5.04. The number of methoxy groups -OCH3 is 1. The molecule has 2 aliphatic rings. The Kier molecular flexibility index (Phi) is 4.44. The van der Waals surface area contributed by atoms with Crippen LogP contribution in [0.1, 0.15) is 36.2 Å². The van der Waals surface area contributed by atoms with Crippen LogP contribution in [-0.2, 0) is 0 Å². The normalized spacial score (nSPS) is 18.9. The Labute approximate surface area is 147 Å². The zero-order valence-electron chi connectivity index (χ0n) is 14.4. The summed E-state index contributed by atoms with van der Waals surface area (Å²) in [7, 11) is 1.61. The van der Waals surface area contributed by atoms with Crippen molar-refractivity contribution >= 4 is 5.91 Å². The molecule has 4 rings (SSSR count). The maximum Gasteiger partial charge on any atom is 0.273 e. The first-order valence-corrected chi connectivity index (χ1v) is 8.89. The van der Waals surface area contributed by atoms with Gasteiger partial charge in [0.2, 0.25) is 0 Å². The van der Waals surface area contributed by atoms with E-state index in [1.54, 1.807) is 13.2 Å². The van der Waals surface area contributed by atoms with E-state index >= 15 is 0 Å². The monoisotopic (exact) mass is 341 g/mol. The van der Waals surface area contributed by atoms with Crippen molar-refractivity contribution in [2.45, 2.75) is 37.8 Å². The van der Waals surface area contributed by atoms with Crippen molar-refractivity contribution in [2.75, 3.05) is 20.2 Å². The highest BCUT2D eigenvalue weighted by Crippen LogP contribution is 2.31. The standard InChI is InChI=1S/C19H23N3O3/c1-24-17-5-3-2-4-15(17)18-12-16(21-25-18)19(23)20-13-8-10-22(11-9-13)14-6-7-14/h2-5,12-14H,6-11H2,1H3,(H,20,23). The van der Waals surface area contributed by atoms with E-state index in [4.69, 9.17) is 9.26 Å². The first kappa shape index (κ1) is 16.1. The molecule has 0 unspecified atom stereocenters.